The van der Waals surface area contributed by atoms with Crippen molar-refractivity contribution in [3.8, 4) is 0 Å². The van der Waals surface area contributed by atoms with E-state index in [1.165, 1.54) is 13.2 Å². The van der Waals surface area contributed by atoms with Gasteiger partial charge < -0.3 is 10.1 Å². The molecule has 2 rings (SSSR count). The molecule has 0 aromatic heterocycles. The summed E-state index contributed by atoms with van der Waals surface area (Å²) in [7, 11) is -2.37. The number of methoxy groups -OCH3 is 1. The number of ether oxygens (including phenoxy) is 1. The smallest absolute Gasteiger partial charge is 0.337 e. The maximum Gasteiger partial charge on any atom is 0.337 e. The number of rotatable bonds is 7. The van der Waals surface area contributed by atoms with Crippen LogP contribution in [0.5, 0.6) is 0 Å². The SMILES string of the molecule is COC(=O)c1ccc(C)c(S(=O)(=O)NCCNC2CC2)c1. The molecule has 1 aliphatic carbocycles. The van der Waals surface area contributed by atoms with Crippen molar-refractivity contribution in [2.24, 2.45) is 0 Å². The molecule has 1 aliphatic rings. The van der Waals surface area contributed by atoms with E-state index in [9.17, 15) is 13.2 Å². The van der Waals surface area contributed by atoms with Crippen LogP contribution in [0.4, 0.5) is 0 Å². The number of hydrogen-bond donors (Lipinski definition) is 2. The molecule has 0 spiro atoms. The Kier molecular flexibility index (Phi) is 4.97. The van der Waals surface area contributed by atoms with Gasteiger partial charge in [-0.2, -0.15) is 0 Å². The van der Waals surface area contributed by atoms with Gasteiger partial charge in [0.15, 0.2) is 0 Å². The number of carbonyl (C=O) groups excluding carboxylic acids is 1. The highest BCUT2D eigenvalue weighted by Gasteiger charge is 2.21. The second kappa shape index (κ2) is 6.55. The van der Waals surface area contributed by atoms with Crippen LogP contribution in [0.1, 0.15) is 28.8 Å². The molecule has 1 aromatic carbocycles. The van der Waals surface area contributed by atoms with Crippen molar-refractivity contribution >= 4 is 16.0 Å². The van der Waals surface area contributed by atoms with Gasteiger partial charge in [-0.05, 0) is 37.5 Å². The fourth-order valence-electron chi connectivity index (χ4n) is 1.96. The molecule has 7 heteroatoms. The number of esters is 1. The number of sulfonamides is 1. The van der Waals surface area contributed by atoms with Crippen LogP contribution >= 0.6 is 0 Å². The zero-order chi connectivity index (χ0) is 15.5. The molecule has 116 valence electrons. The fourth-order valence-corrected chi connectivity index (χ4v) is 3.26. The Hall–Kier alpha value is -1.44. The van der Waals surface area contributed by atoms with E-state index in [4.69, 9.17) is 0 Å². The lowest BCUT2D eigenvalue weighted by atomic mass is 10.1. The molecule has 6 nitrogen and oxygen atoms in total. The summed E-state index contributed by atoms with van der Waals surface area (Å²) < 4.78 is 31.7. The van der Waals surface area contributed by atoms with Crippen molar-refractivity contribution in [3.05, 3.63) is 29.3 Å². The summed E-state index contributed by atoms with van der Waals surface area (Å²) in [4.78, 5) is 11.6. The van der Waals surface area contributed by atoms with E-state index in [-0.39, 0.29) is 10.5 Å². The molecule has 0 radical (unpaired) electrons. The quantitative estimate of drug-likeness (QED) is 0.575. The Balaban J connectivity index is 2.07. The molecule has 0 amide bonds. The van der Waals surface area contributed by atoms with Gasteiger partial charge in [-0.3, -0.25) is 0 Å². The first-order valence-corrected chi connectivity index (χ1v) is 8.34. The Morgan fingerprint density at radius 1 is 1.33 bits per heavy atom. The maximum absolute atomic E-state index is 12.3. The summed E-state index contributed by atoms with van der Waals surface area (Å²) >= 11 is 0. The van der Waals surface area contributed by atoms with Crippen LogP contribution < -0.4 is 10.0 Å². The summed E-state index contributed by atoms with van der Waals surface area (Å²) in [5.74, 6) is -0.554. The lowest BCUT2D eigenvalue weighted by Gasteiger charge is -2.11. The maximum atomic E-state index is 12.3. The van der Waals surface area contributed by atoms with Crippen molar-refractivity contribution in [1.82, 2.24) is 10.0 Å². The molecule has 0 unspecified atom stereocenters. The van der Waals surface area contributed by atoms with E-state index < -0.39 is 16.0 Å². The topological polar surface area (TPSA) is 84.5 Å². The third-order valence-electron chi connectivity index (χ3n) is 3.33. The zero-order valence-electron chi connectivity index (χ0n) is 12.2. The van der Waals surface area contributed by atoms with Crippen LogP contribution in [0.15, 0.2) is 23.1 Å². The number of aryl methyl sites for hydroxylation is 1. The Morgan fingerprint density at radius 3 is 2.67 bits per heavy atom. The molecule has 1 aromatic rings. The van der Waals surface area contributed by atoms with Crippen molar-refractivity contribution in [1.29, 1.82) is 0 Å². The van der Waals surface area contributed by atoms with Crippen LogP contribution in [-0.2, 0) is 14.8 Å². The molecule has 1 fully saturated rings. The van der Waals surface area contributed by atoms with E-state index in [1.54, 1.807) is 19.1 Å². The second-order valence-electron chi connectivity index (χ2n) is 5.10. The summed E-state index contributed by atoms with van der Waals surface area (Å²) in [6.45, 7) is 2.61. The lowest BCUT2D eigenvalue weighted by Crippen LogP contribution is -2.33. The summed E-state index contributed by atoms with van der Waals surface area (Å²) in [5.41, 5.74) is 0.810. The fraction of sp³-hybridized carbons (Fsp3) is 0.500. The number of hydrogen-bond acceptors (Lipinski definition) is 5. The van der Waals surface area contributed by atoms with Gasteiger partial charge in [0.1, 0.15) is 0 Å². The van der Waals surface area contributed by atoms with E-state index in [2.05, 4.69) is 14.8 Å². The largest absolute Gasteiger partial charge is 0.465 e. The van der Waals surface area contributed by atoms with Gasteiger partial charge in [-0.25, -0.2) is 17.9 Å². The molecule has 0 saturated heterocycles. The molecular weight excluding hydrogens is 292 g/mol. The van der Waals surface area contributed by atoms with Gasteiger partial charge in [-0.15, -0.1) is 0 Å². The van der Waals surface area contributed by atoms with Gasteiger partial charge in [0.25, 0.3) is 0 Å². The van der Waals surface area contributed by atoms with E-state index in [0.29, 0.717) is 24.7 Å². The Labute approximate surface area is 124 Å². The molecule has 0 bridgehead atoms. The first-order chi connectivity index (χ1) is 9.94. The average molecular weight is 312 g/mol. The molecule has 1 saturated carbocycles. The summed E-state index contributed by atoms with van der Waals surface area (Å²) in [6, 6.07) is 5.04. The molecule has 0 atom stereocenters. The normalized spacial score (nSPS) is 15.0. The molecule has 0 aliphatic heterocycles. The van der Waals surface area contributed by atoms with Crippen LogP contribution in [0.3, 0.4) is 0 Å². The van der Waals surface area contributed by atoms with Crippen molar-refractivity contribution in [3.63, 3.8) is 0 Å². The van der Waals surface area contributed by atoms with Crippen LogP contribution in [-0.4, -0.2) is 40.6 Å². The predicted octanol–water partition coefficient (Wildman–Crippen LogP) is 0.812. The molecular formula is C14H20N2O4S. The summed E-state index contributed by atoms with van der Waals surface area (Å²) in [5, 5.41) is 3.23. The number of carbonyl (C=O) groups is 1. The zero-order valence-corrected chi connectivity index (χ0v) is 13.0. The molecule has 0 heterocycles. The number of benzene rings is 1. The van der Waals surface area contributed by atoms with Gasteiger partial charge >= 0.3 is 5.97 Å². The van der Waals surface area contributed by atoms with E-state index in [1.807, 2.05) is 0 Å². The average Bonchev–Trinajstić information content (AvgIpc) is 3.27. The van der Waals surface area contributed by atoms with E-state index in [0.717, 1.165) is 12.8 Å². The third kappa shape index (κ3) is 4.26. The highest BCUT2D eigenvalue weighted by Crippen LogP contribution is 2.19. The minimum Gasteiger partial charge on any atom is -0.465 e. The first-order valence-electron chi connectivity index (χ1n) is 6.86. The van der Waals surface area contributed by atoms with Gasteiger partial charge in [0, 0.05) is 19.1 Å². The summed E-state index contributed by atoms with van der Waals surface area (Å²) in [6.07, 6.45) is 2.32. The van der Waals surface area contributed by atoms with Gasteiger partial charge in [0.2, 0.25) is 10.0 Å². The molecule has 21 heavy (non-hydrogen) atoms. The highest BCUT2D eigenvalue weighted by atomic mass is 32.2. The molecule has 2 N–H and O–H groups in total. The van der Waals surface area contributed by atoms with Crippen molar-refractivity contribution < 1.29 is 17.9 Å². The predicted molar refractivity (Wildman–Crippen MR) is 78.7 cm³/mol. The van der Waals surface area contributed by atoms with E-state index >= 15 is 0 Å². The monoisotopic (exact) mass is 312 g/mol. The van der Waals surface area contributed by atoms with Gasteiger partial charge in [0.05, 0.1) is 17.6 Å². The minimum atomic E-state index is -3.63. The third-order valence-corrected chi connectivity index (χ3v) is 4.93. The Bertz CT molecular complexity index is 624. The highest BCUT2D eigenvalue weighted by molar-refractivity contribution is 7.89. The minimum absolute atomic E-state index is 0.108. The second-order valence-corrected chi connectivity index (χ2v) is 6.83. The van der Waals surface area contributed by atoms with Crippen molar-refractivity contribution in [2.75, 3.05) is 20.2 Å². The standard InChI is InChI=1S/C14H20N2O4S/c1-10-3-4-11(14(17)20-2)9-13(10)21(18,19)16-8-7-15-12-5-6-12/h3-4,9,12,15-16H,5-8H2,1-2H3. The Morgan fingerprint density at radius 2 is 2.05 bits per heavy atom. The number of nitrogens with one attached hydrogen (secondary N) is 2. The van der Waals surface area contributed by atoms with Crippen LogP contribution in [0.2, 0.25) is 0 Å². The van der Waals surface area contributed by atoms with Gasteiger partial charge in [-0.1, -0.05) is 6.07 Å². The lowest BCUT2D eigenvalue weighted by molar-refractivity contribution is 0.0600. The van der Waals surface area contributed by atoms with Crippen molar-refractivity contribution in [2.45, 2.75) is 30.7 Å². The first kappa shape index (κ1) is 15.9. The van der Waals surface area contributed by atoms with Crippen LogP contribution in [0.25, 0.3) is 0 Å². The van der Waals surface area contributed by atoms with Crippen LogP contribution in [0, 0.1) is 6.92 Å².